The molecular weight excluding hydrogens is 553 g/mol. The molecule has 1 N–H and O–H groups in total. The highest BCUT2D eigenvalue weighted by Crippen LogP contribution is 2.26. The Hall–Kier alpha value is -3.43. The maximum atomic E-state index is 13.9. The molecule has 0 unspecified atom stereocenters. The first-order chi connectivity index (χ1) is 19.0. The lowest BCUT2D eigenvalue weighted by Gasteiger charge is -2.32. The number of amides is 2. The number of carbonyl (C=O) groups is 2. The summed E-state index contributed by atoms with van der Waals surface area (Å²) in [5, 5.41) is 3.57. The molecule has 0 saturated heterocycles. The Morgan fingerprint density at radius 2 is 1.57 bits per heavy atom. The largest absolute Gasteiger partial charge is 0.352 e. The lowest BCUT2D eigenvalue weighted by molar-refractivity contribution is -0.139. The molecule has 0 spiro atoms. The molecule has 0 aliphatic heterocycles. The van der Waals surface area contributed by atoms with Crippen molar-refractivity contribution in [3.05, 3.63) is 94.8 Å². The average molecular weight is 586 g/mol. The summed E-state index contributed by atoms with van der Waals surface area (Å²) in [6, 6.07) is 17.3. The van der Waals surface area contributed by atoms with E-state index in [1.165, 1.54) is 17.0 Å². The second-order valence-electron chi connectivity index (χ2n) is 10.1. The van der Waals surface area contributed by atoms with E-state index in [9.17, 15) is 22.4 Å². The maximum absolute atomic E-state index is 13.9. The Labute approximate surface area is 240 Å². The molecule has 0 heterocycles. The van der Waals surface area contributed by atoms with Gasteiger partial charge in [-0.15, -0.1) is 0 Å². The van der Waals surface area contributed by atoms with Crippen molar-refractivity contribution < 1.29 is 22.4 Å². The number of benzene rings is 3. The highest BCUT2D eigenvalue weighted by atomic mass is 35.5. The lowest BCUT2D eigenvalue weighted by atomic mass is 10.1. The number of hydrogen-bond donors (Lipinski definition) is 1. The van der Waals surface area contributed by atoms with E-state index in [1.807, 2.05) is 6.92 Å². The molecule has 212 valence electrons. The number of carbonyl (C=O) groups excluding carboxylic acids is 2. The molecule has 1 fully saturated rings. The highest BCUT2D eigenvalue weighted by Gasteiger charge is 2.33. The molecule has 0 bridgehead atoms. The van der Waals surface area contributed by atoms with E-state index >= 15 is 0 Å². The van der Waals surface area contributed by atoms with Crippen molar-refractivity contribution in [1.29, 1.82) is 0 Å². The number of aryl methyl sites for hydroxylation is 1. The number of nitrogens with zero attached hydrogens (tertiary/aromatic N) is 2. The first kappa shape index (κ1) is 29.6. The standard InChI is InChI=1S/C30H33ClFN3O4S/c1-21-7-15-27(16-8-21)35(40(38,39)28-17-13-25(32)14-18-28)20-29(36)34(19-23-9-11-24(31)12-10-23)22(2)30(37)33-26-5-3-4-6-26/h7-18,22,26H,3-6,19-20H2,1-2H3,(H,33,37)/t22-/m0/s1. The first-order valence-electron chi connectivity index (χ1n) is 13.2. The second kappa shape index (κ2) is 12.8. The Bertz CT molecular complexity index is 1430. The van der Waals surface area contributed by atoms with E-state index in [2.05, 4.69) is 5.32 Å². The predicted molar refractivity (Wildman–Crippen MR) is 154 cm³/mol. The van der Waals surface area contributed by atoms with Crippen molar-refractivity contribution in [2.75, 3.05) is 10.8 Å². The van der Waals surface area contributed by atoms with E-state index in [1.54, 1.807) is 55.5 Å². The third kappa shape index (κ3) is 7.20. The minimum absolute atomic E-state index is 0.0605. The predicted octanol–water partition coefficient (Wildman–Crippen LogP) is 5.46. The van der Waals surface area contributed by atoms with Crippen molar-refractivity contribution in [3.63, 3.8) is 0 Å². The summed E-state index contributed by atoms with van der Waals surface area (Å²) >= 11 is 6.04. The van der Waals surface area contributed by atoms with Crippen LogP contribution >= 0.6 is 11.6 Å². The van der Waals surface area contributed by atoms with E-state index in [-0.39, 0.29) is 29.1 Å². The molecule has 1 atom stereocenters. The summed E-state index contributed by atoms with van der Waals surface area (Å²) in [6.07, 6.45) is 3.86. The smallest absolute Gasteiger partial charge is 0.264 e. The number of hydrogen-bond acceptors (Lipinski definition) is 4. The zero-order valence-corrected chi connectivity index (χ0v) is 24.1. The van der Waals surface area contributed by atoms with Gasteiger partial charge in [0, 0.05) is 17.6 Å². The van der Waals surface area contributed by atoms with Gasteiger partial charge in [0.05, 0.1) is 10.6 Å². The van der Waals surface area contributed by atoms with Crippen LogP contribution in [0.4, 0.5) is 10.1 Å². The summed E-state index contributed by atoms with van der Waals surface area (Å²) in [5.74, 6) is -1.43. The fourth-order valence-electron chi connectivity index (χ4n) is 4.73. The second-order valence-corrected chi connectivity index (χ2v) is 12.4. The van der Waals surface area contributed by atoms with Crippen LogP contribution < -0.4 is 9.62 Å². The quantitative estimate of drug-likeness (QED) is 0.342. The number of rotatable bonds is 10. The van der Waals surface area contributed by atoms with Crippen LogP contribution in [0.3, 0.4) is 0 Å². The number of sulfonamides is 1. The van der Waals surface area contributed by atoms with Gasteiger partial charge in [-0.1, -0.05) is 54.3 Å². The summed E-state index contributed by atoms with van der Waals surface area (Å²) in [4.78, 5) is 28.4. The van der Waals surface area contributed by atoms with Crippen LogP contribution in [-0.4, -0.2) is 43.8 Å². The third-order valence-electron chi connectivity index (χ3n) is 7.14. The number of nitrogens with one attached hydrogen (secondary N) is 1. The molecule has 7 nitrogen and oxygen atoms in total. The molecule has 0 aromatic heterocycles. The van der Waals surface area contributed by atoms with Gasteiger partial charge in [-0.2, -0.15) is 0 Å². The van der Waals surface area contributed by atoms with Crippen molar-refractivity contribution in [2.24, 2.45) is 0 Å². The zero-order chi connectivity index (χ0) is 28.9. The molecule has 4 rings (SSSR count). The van der Waals surface area contributed by atoms with Gasteiger partial charge in [0.1, 0.15) is 18.4 Å². The molecule has 1 saturated carbocycles. The van der Waals surface area contributed by atoms with Gasteiger partial charge >= 0.3 is 0 Å². The lowest BCUT2D eigenvalue weighted by Crippen LogP contribution is -2.52. The molecule has 2 amide bonds. The minimum Gasteiger partial charge on any atom is -0.352 e. The molecular formula is C30H33ClFN3O4S. The van der Waals surface area contributed by atoms with Crippen LogP contribution in [0.5, 0.6) is 0 Å². The van der Waals surface area contributed by atoms with Gasteiger partial charge in [0.2, 0.25) is 11.8 Å². The molecule has 10 heteroatoms. The topological polar surface area (TPSA) is 86.8 Å². The maximum Gasteiger partial charge on any atom is 0.264 e. The van der Waals surface area contributed by atoms with Crippen LogP contribution in [-0.2, 0) is 26.2 Å². The van der Waals surface area contributed by atoms with Crippen LogP contribution in [0.1, 0.15) is 43.7 Å². The Kier molecular flexibility index (Phi) is 9.48. The number of halogens is 2. The molecule has 0 radical (unpaired) electrons. The van der Waals surface area contributed by atoms with Gasteiger partial charge in [-0.05, 0) is 80.8 Å². The van der Waals surface area contributed by atoms with Crippen molar-refractivity contribution >= 4 is 39.1 Å². The van der Waals surface area contributed by atoms with E-state index < -0.39 is 34.3 Å². The monoisotopic (exact) mass is 585 g/mol. The van der Waals surface area contributed by atoms with Gasteiger partial charge in [-0.25, -0.2) is 12.8 Å². The molecule has 3 aromatic carbocycles. The van der Waals surface area contributed by atoms with Crippen molar-refractivity contribution in [3.8, 4) is 0 Å². The fraction of sp³-hybridized carbons (Fsp3) is 0.333. The van der Waals surface area contributed by atoms with Gasteiger partial charge < -0.3 is 10.2 Å². The number of anilines is 1. The highest BCUT2D eigenvalue weighted by molar-refractivity contribution is 7.92. The summed E-state index contributed by atoms with van der Waals surface area (Å²) < 4.78 is 42.1. The van der Waals surface area contributed by atoms with Crippen LogP contribution in [0.25, 0.3) is 0 Å². The van der Waals surface area contributed by atoms with Crippen LogP contribution in [0.2, 0.25) is 5.02 Å². The van der Waals surface area contributed by atoms with Gasteiger partial charge in [0.15, 0.2) is 0 Å². The van der Waals surface area contributed by atoms with E-state index in [4.69, 9.17) is 11.6 Å². The third-order valence-corrected chi connectivity index (χ3v) is 9.18. The fourth-order valence-corrected chi connectivity index (χ4v) is 6.27. The Morgan fingerprint density at radius 1 is 0.975 bits per heavy atom. The summed E-state index contributed by atoms with van der Waals surface area (Å²) in [6.45, 7) is 3.03. The summed E-state index contributed by atoms with van der Waals surface area (Å²) in [7, 11) is -4.25. The van der Waals surface area contributed by atoms with Gasteiger partial charge in [0.25, 0.3) is 10.0 Å². The molecule has 1 aliphatic rings. The van der Waals surface area contributed by atoms with Crippen LogP contribution in [0.15, 0.2) is 77.7 Å². The van der Waals surface area contributed by atoms with Crippen molar-refractivity contribution in [2.45, 2.75) is 63.1 Å². The zero-order valence-electron chi connectivity index (χ0n) is 22.5. The Balaban J connectivity index is 1.67. The summed E-state index contributed by atoms with van der Waals surface area (Å²) in [5.41, 5.74) is 1.93. The van der Waals surface area contributed by atoms with Crippen molar-refractivity contribution in [1.82, 2.24) is 10.2 Å². The van der Waals surface area contributed by atoms with E-state index in [0.717, 1.165) is 53.2 Å². The van der Waals surface area contributed by atoms with Gasteiger partial charge in [-0.3, -0.25) is 13.9 Å². The van der Waals surface area contributed by atoms with Crippen LogP contribution in [0, 0.1) is 12.7 Å². The minimum atomic E-state index is -4.25. The molecule has 40 heavy (non-hydrogen) atoms. The molecule has 1 aliphatic carbocycles. The Morgan fingerprint density at radius 3 is 2.17 bits per heavy atom. The molecule has 3 aromatic rings. The SMILES string of the molecule is Cc1ccc(N(CC(=O)N(Cc2ccc(Cl)cc2)[C@@H](C)C(=O)NC2CCCC2)S(=O)(=O)c2ccc(F)cc2)cc1. The van der Waals surface area contributed by atoms with E-state index in [0.29, 0.717) is 5.02 Å². The normalized spacial score (nSPS) is 14.5. The first-order valence-corrected chi connectivity index (χ1v) is 15.1. The average Bonchev–Trinajstić information content (AvgIpc) is 3.44.